The van der Waals surface area contributed by atoms with Gasteiger partial charge in [0, 0.05) is 37.7 Å². The van der Waals surface area contributed by atoms with Crippen LogP contribution in [0.4, 0.5) is 0 Å². The summed E-state index contributed by atoms with van der Waals surface area (Å²) < 4.78 is 0.622. The molecule has 1 amide bonds. The van der Waals surface area contributed by atoms with Crippen molar-refractivity contribution >= 4 is 5.91 Å². The summed E-state index contributed by atoms with van der Waals surface area (Å²) in [5.74, 6) is 0.421. The van der Waals surface area contributed by atoms with Gasteiger partial charge in [-0.2, -0.15) is 0 Å². The summed E-state index contributed by atoms with van der Waals surface area (Å²) >= 11 is 0. The Labute approximate surface area is 127 Å². The molecule has 0 bridgehead atoms. The molecule has 0 aromatic heterocycles. The van der Waals surface area contributed by atoms with Gasteiger partial charge in [0.05, 0.1) is 13.0 Å². The molecule has 1 aromatic rings. The van der Waals surface area contributed by atoms with Gasteiger partial charge in [0.25, 0.3) is 0 Å². The minimum absolute atomic E-state index is 0.421. The van der Waals surface area contributed by atoms with E-state index >= 15 is 0 Å². The summed E-state index contributed by atoms with van der Waals surface area (Å²) in [7, 11) is 0. The smallest absolute Gasteiger partial charge is 0.312 e. The fourth-order valence-electron chi connectivity index (χ4n) is 3.72. The maximum absolute atomic E-state index is 12.6. The molecule has 3 rings (SSSR count). The van der Waals surface area contributed by atoms with E-state index in [1.165, 1.54) is 5.56 Å². The number of hydrogen-bond acceptors (Lipinski definition) is 3. The normalized spacial score (nSPS) is 30.7. The Bertz CT molecular complexity index is 490. The number of benzene rings is 1. The molecule has 0 radical (unpaired) electrons. The van der Waals surface area contributed by atoms with Crippen LogP contribution >= 0.6 is 0 Å². The van der Waals surface area contributed by atoms with Crippen molar-refractivity contribution in [2.45, 2.75) is 32.4 Å². The van der Waals surface area contributed by atoms with Gasteiger partial charge in [0.2, 0.25) is 0 Å². The molecular weight excluding hydrogens is 262 g/mol. The highest BCUT2D eigenvalue weighted by molar-refractivity contribution is 5.70. The van der Waals surface area contributed by atoms with Crippen molar-refractivity contribution in [3.63, 3.8) is 0 Å². The highest BCUT2D eigenvalue weighted by atomic mass is 16.2. The van der Waals surface area contributed by atoms with Gasteiger partial charge in [-0.15, -0.1) is 0 Å². The molecule has 114 valence electrons. The van der Waals surface area contributed by atoms with Crippen LogP contribution < -0.4 is 5.32 Å². The van der Waals surface area contributed by atoms with Crippen LogP contribution in [-0.4, -0.2) is 54.2 Å². The van der Waals surface area contributed by atoms with E-state index in [2.05, 4.69) is 41.4 Å². The van der Waals surface area contributed by atoms with Gasteiger partial charge in [-0.05, 0) is 6.92 Å². The lowest BCUT2D eigenvalue weighted by atomic mass is 10.2. The Hall–Kier alpha value is -1.23. The van der Waals surface area contributed by atoms with E-state index in [9.17, 15) is 4.79 Å². The van der Waals surface area contributed by atoms with Crippen LogP contribution in [0.15, 0.2) is 30.3 Å². The zero-order valence-electron chi connectivity index (χ0n) is 12.9. The third-order valence-electron chi connectivity index (χ3n) is 4.76. The lowest BCUT2D eigenvalue weighted by Gasteiger charge is -2.39. The molecule has 2 aliphatic rings. The van der Waals surface area contributed by atoms with Gasteiger partial charge in [0.1, 0.15) is 13.2 Å². The van der Waals surface area contributed by atoms with Crippen LogP contribution in [0.25, 0.3) is 0 Å². The molecule has 0 saturated carbocycles. The molecule has 4 nitrogen and oxygen atoms in total. The monoisotopic (exact) mass is 288 g/mol. The minimum atomic E-state index is 0.421. The van der Waals surface area contributed by atoms with Crippen molar-refractivity contribution in [3.8, 4) is 0 Å². The predicted octanol–water partition coefficient (Wildman–Crippen LogP) is 1.57. The molecule has 2 fully saturated rings. The zero-order valence-corrected chi connectivity index (χ0v) is 12.9. The molecule has 4 heteroatoms. The van der Waals surface area contributed by atoms with E-state index in [1.54, 1.807) is 0 Å². The molecule has 2 heterocycles. The lowest BCUT2D eigenvalue weighted by Crippen LogP contribution is -2.59. The molecule has 2 atom stereocenters. The second-order valence-electron chi connectivity index (χ2n) is 6.58. The van der Waals surface area contributed by atoms with Gasteiger partial charge in [-0.1, -0.05) is 30.3 Å². The lowest BCUT2D eigenvalue weighted by molar-refractivity contribution is -0.870. The van der Waals surface area contributed by atoms with Gasteiger partial charge >= 0.3 is 5.91 Å². The molecule has 0 aliphatic carbocycles. The van der Waals surface area contributed by atoms with Crippen molar-refractivity contribution in [1.29, 1.82) is 0 Å². The van der Waals surface area contributed by atoms with E-state index in [1.807, 2.05) is 6.07 Å². The summed E-state index contributed by atoms with van der Waals surface area (Å²) in [6.07, 6.45) is 1.78. The number of quaternary nitrogens is 1. The first-order valence-corrected chi connectivity index (χ1v) is 8.07. The van der Waals surface area contributed by atoms with Crippen molar-refractivity contribution in [2.75, 3.05) is 32.8 Å². The van der Waals surface area contributed by atoms with Crippen LogP contribution in [0.3, 0.4) is 0 Å². The van der Waals surface area contributed by atoms with Crippen LogP contribution in [0, 0.1) is 0 Å². The number of likely N-dealkylation sites (tertiary alicyclic amines) is 1. The third-order valence-corrected chi connectivity index (χ3v) is 4.76. The Morgan fingerprint density at radius 1 is 1.33 bits per heavy atom. The molecule has 1 N–H and O–H groups in total. The number of nitrogens with one attached hydrogen (secondary N) is 1. The first kappa shape index (κ1) is 14.7. The highest BCUT2D eigenvalue weighted by Crippen LogP contribution is 2.26. The number of hydrogen-bond donors (Lipinski definition) is 1. The number of piperazine rings is 1. The fourth-order valence-corrected chi connectivity index (χ4v) is 3.72. The Morgan fingerprint density at radius 3 is 2.81 bits per heavy atom. The summed E-state index contributed by atoms with van der Waals surface area (Å²) in [5.41, 5.74) is 1.27. The van der Waals surface area contributed by atoms with Crippen molar-refractivity contribution in [1.82, 2.24) is 10.2 Å². The van der Waals surface area contributed by atoms with E-state index in [4.69, 9.17) is 0 Å². The van der Waals surface area contributed by atoms with Crippen molar-refractivity contribution in [3.05, 3.63) is 35.9 Å². The largest absolute Gasteiger partial charge is 0.315 e. The summed E-state index contributed by atoms with van der Waals surface area (Å²) in [6, 6.07) is 11.0. The van der Waals surface area contributed by atoms with Crippen LogP contribution in [0.2, 0.25) is 0 Å². The molecule has 21 heavy (non-hydrogen) atoms. The van der Waals surface area contributed by atoms with Gasteiger partial charge in [-0.3, -0.25) is 4.90 Å². The number of amides is 1. The zero-order chi connectivity index (χ0) is 14.7. The van der Waals surface area contributed by atoms with E-state index in [0.29, 0.717) is 16.4 Å². The first-order chi connectivity index (χ1) is 10.2. The summed E-state index contributed by atoms with van der Waals surface area (Å²) in [4.78, 5) is 15.1. The third kappa shape index (κ3) is 3.34. The van der Waals surface area contributed by atoms with E-state index in [0.717, 1.165) is 52.2 Å². The maximum atomic E-state index is 12.6. The topological polar surface area (TPSA) is 32.3 Å². The Morgan fingerprint density at radius 2 is 2.14 bits per heavy atom. The van der Waals surface area contributed by atoms with Crippen molar-refractivity contribution < 1.29 is 9.28 Å². The average Bonchev–Trinajstić information content (AvgIpc) is 2.81. The van der Waals surface area contributed by atoms with Crippen LogP contribution in [0.5, 0.6) is 0 Å². The average molecular weight is 288 g/mol. The molecule has 2 saturated heterocycles. The second kappa shape index (κ2) is 6.26. The Balaban J connectivity index is 1.75. The second-order valence-corrected chi connectivity index (χ2v) is 6.58. The predicted molar refractivity (Wildman–Crippen MR) is 83.4 cm³/mol. The molecule has 2 unspecified atom stereocenters. The Kier molecular flexibility index (Phi) is 4.38. The number of nitrogens with zero attached hydrogens (tertiary/aromatic N) is 2. The number of rotatable bonds is 4. The van der Waals surface area contributed by atoms with Crippen LogP contribution in [-0.2, 0) is 11.3 Å². The van der Waals surface area contributed by atoms with Gasteiger partial charge in [-0.25, -0.2) is 9.28 Å². The first-order valence-electron chi connectivity index (χ1n) is 8.07. The molecule has 0 spiro atoms. The molecule has 2 aliphatic heterocycles. The minimum Gasteiger partial charge on any atom is -0.312 e. The summed E-state index contributed by atoms with van der Waals surface area (Å²) in [5, 5.41) is 3.48. The standard InChI is InChI=1S/C17H26N3O/c1-15-12-19(10-9-18-15)14-20(11-5-8-17(20)21)13-16-6-3-2-4-7-16/h2-4,6-7,15,18H,5,8-14H2,1H3/q+1. The fraction of sp³-hybridized carbons (Fsp3) is 0.588. The molecule has 1 aromatic carbocycles. The summed E-state index contributed by atoms with van der Waals surface area (Å²) in [6.45, 7) is 8.05. The highest BCUT2D eigenvalue weighted by Gasteiger charge is 2.42. The van der Waals surface area contributed by atoms with E-state index < -0.39 is 0 Å². The van der Waals surface area contributed by atoms with Gasteiger partial charge in [0.15, 0.2) is 0 Å². The van der Waals surface area contributed by atoms with E-state index in [-0.39, 0.29) is 0 Å². The van der Waals surface area contributed by atoms with Gasteiger partial charge < -0.3 is 5.32 Å². The van der Waals surface area contributed by atoms with Crippen molar-refractivity contribution in [2.24, 2.45) is 0 Å². The quantitative estimate of drug-likeness (QED) is 0.854. The SMILES string of the molecule is CC1CN(C[N+]2(Cc3ccccc3)CCCC2=O)CCN1. The number of carbonyl (C=O) groups excluding carboxylic acids is 1. The van der Waals surface area contributed by atoms with Crippen LogP contribution in [0.1, 0.15) is 25.3 Å². The number of carbonyl (C=O) groups is 1. The maximum Gasteiger partial charge on any atom is 0.315 e. The molecular formula is C17H26N3O+.